The summed E-state index contributed by atoms with van der Waals surface area (Å²) in [6.07, 6.45) is -4.44. The number of hydrogen-bond acceptors (Lipinski definition) is 3. The van der Waals surface area contributed by atoms with Crippen LogP contribution in [-0.2, 0) is 11.2 Å². The van der Waals surface area contributed by atoms with Gasteiger partial charge in [-0.1, -0.05) is 30.3 Å². The fraction of sp³-hybridized carbons (Fsp3) is 0.211. The van der Waals surface area contributed by atoms with Crippen molar-refractivity contribution in [1.82, 2.24) is 10.3 Å². The molecule has 1 aromatic heterocycles. The smallest absolute Gasteiger partial charge is 0.480 e. The third-order valence-electron chi connectivity index (χ3n) is 4.66. The minimum atomic E-state index is -4.76. The Morgan fingerprint density at radius 2 is 1.81 bits per heavy atom. The maximum absolute atomic E-state index is 12.3. The molecule has 2 heterocycles. The lowest BCUT2D eigenvalue weighted by atomic mass is 9.90. The van der Waals surface area contributed by atoms with Crippen LogP contribution in [0.15, 0.2) is 48.5 Å². The van der Waals surface area contributed by atoms with Crippen molar-refractivity contribution >= 4 is 16.9 Å². The van der Waals surface area contributed by atoms with Gasteiger partial charge >= 0.3 is 12.3 Å². The summed E-state index contributed by atoms with van der Waals surface area (Å²) in [6, 6.07) is 11.7. The number of hydrogen-bond donors (Lipinski definition) is 3. The number of aromatic amines is 1. The van der Waals surface area contributed by atoms with Gasteiger partial charge in [-0.15, -0.1) is 13.2 Å². The number of rotatable bonds is 3. The highest BCUT2D eigenvalue weighted by Crippen LogP contribution is 2.36. The average Bonchev–Trinajstić information content (AvgIpc) is 2.99. The zero-order valence-corrected chi connectivity index (χ0v) is 13.9. The summed E-state index contributed by atoms with van der Waals surface area (Å²) in [6.45, 7) is 0. The molecule has 1 aliphatic heterocycles. The van der Waals surface area contributed by atoms with E-state index in [1.54, 1.807) is 0 Å². The number of carboxylic acid groups (broad SMARTS) is 1. The largest absolute Gasteiger partial charge is 0.573 e. The number of carboxylic acids is 1. The molecule has 0 saturated heterocycles. The molecule has 0 fully saturated rings. The quantitative estimate of drug-likeness (QED) is 0.651. The molecule has 5 nitrogen and oxygen atoms in total. The van der Waals surface area contributed by atoms with Crippen molar-refractivity contribution in [2.75, 3.05) is 0 Å². The summed E-state index contributed by atoms with van der Waals surface area (Å²) >= 11 is 0. The van der Waals surface area contributed by atoms with Crippen molar-refractivity contribution in [3.05, 3.63) is 65.4 Å². The van der Waals surface area contributed by atoms with Crippen LogP contribution >= 0.6 is 0 Å². The number of ether oxygens (including phenoxy) is 1. The number of para-hydroxylation sites is 1. The first-order valence-electron chi connectivity index (χ1n) is 8.26. The lowest BCUT2D eigenvalue weighted by Crippen LogP contribution is -2.44. The summed E-state index contributed by atoms with van der Waals surface area (Å²) in [5.41, 5.74) is 3.25. The van der Waals surface area contributed by atoms with Crippen LogP contribution in [0.5, 0.6) is 5.75 Å². The first-order chi connectivity index (χ1) is 12.8. The first kappa shape index (κ1) is 17.4. The van der Waals surface area contributed by atoms with E-state index in [2.05, 4.69) is 15.0 Å². The summed E-state index contributed by atoms with van der Waals surface area (Å²) < 4.78 is 40.9. The molecule has 27 heavy (non-hydrogen) atoms. The van der Waals surface area contributed by atoms with E-state index >= 15 is 0 Å². The SMILES string of the molecule is O=C(O)C1Cc2c([nH]c3ccccc23)C(c2ccc(OC(F)(F)F)cc2)N1. The number of carbonyl (C=O) groups is 1. The molecule has 0 saturated carbocycles. The van der Waals surface area contributed by atoms with Crippen LogP contribution in [0.1, 0.15) is 22.9 Å². The molecule has 0 spiro atoms. The fourth-order valence-electron chi connectivity index (χ4n) is 3.52. The monoisotopic (exact) mass is 376 g/mol. The minimum Gasteiger partial charge on any atom is -0.480 e. The summed E-state index contributed by atoms with van der Waals surface area (Å²) in [5.74, 6) is -1.30. The molecule has 8 heteroatoms. The number of aliphatic carboxylic acids is 1. The van der Waals surface area contributed by atoms with Gasteiger partial charge in [0.15, 0.2) is 0 Å². The highest BCUT2D eigenvalue weighted by atomic mass is 19.4. The van der Waals surface area contributed by atoms with Gasteiger partial charge in [-0.2, -0.15) is 0 Å². The number of fused-ring (bicyclic) bond motifs is 3. The number of benzene rings is 2. The van der Waals surface area contributed by atoms with Gasteiger partial charge in [0, 0.05) is 23.0 Å². The van der Waals surface area contributed by atoms with Crippen LogP contribution in [0.3, 0.4) is 0 Å². The average molecular weight is 376 g/mol. The summed E-state index contributed by atoms with van der Waals surface area (Å²) in [7, 11) is 0. The van der Waals surface area contributed by atoms with E-state index in [9.17, 15) is 23.1 Å². The topological polar surface area (TPSA) is 74.3 Å². The summed E-state index contributed by atoms with van der Waals surface area (Å²) in [4.78, 5) is 14.9. The number of aromatic nitrogens is 1. The molecule has 0 bridgehead atoms. The van der Waals surface area contributed by atoms with Crippen LogP contribution in [-0.4, -0.2) is 28.5 Å². The second-order valence-corrected chi connectivity index (χ2v) is 6.37. The summed E-state index contributed by atoms with van der Waals surface area (Å²) in [5, 5.41) is 13.5. The van der Waals surface area contributed by atoms with Gasteiger partial charge in [-0.05, 0) is 29.3 Å². The van der Waals surface area contributed by atoms with Gasteiger partial charge in [0.05, 0.1) is 6.04 Å². The van der Waals surface area contributed by atoms with Crippen LogP contribution in [0.2, 0.25) is 0 Å². The third kappa shape index (κ3) is 3.35. The van der Waals surface area contributed by atoms with Crippen LogP contribution in [0.4, 0.5) is 13.2 Å². The molecule has 0 radical (unpaired) electrons. The van der Waals surface area contributed by atoms with Crippen molar-refractivity contribution in [3.63, 3.8) is 0 Å². The molecule has 1 aliphatic rings. The van der Waals surface area contributed by atoms with E-state index in [4.69, 9.17) is 0 Å². The maximum Gasteiger partial charge on any atom is 0.573 e. The molecule has 3 N–H and O–H groups in total. The molecule has 3 aromatic rings. The van der Waals surface area contributed by atoms with Gasteiger partial charge in [0.2, 0.25) is 0 Å². The van der Waals surface area contributed by atoms with Crippen molar-refractivity contribution < 1.29 is 27.8 Å². The second-order valence-electron chi connectivity index (χ2n) is 6.37. The Balaban J connectivity index is 1.75. The Bertz CT molecular complexity index is 996. The molecule has 4 rings (SSSR count). The maximum atomic E-state index is 12.3. The third-order valence-corrected chi connectivity index (χ3v) is 4.66. The normalized spacial score (nSPS) is 19.7. The van der Waals surface area contributed by atoms with E-state index < -0.39 is 24.4 Å². The standard InChI is InChI=1S/C19H15F3N2O3/c20-19(21,22)27-11-7-5-10(6-8-11)16-17-13(9-15(24-16)18(25)26)12-3-1-2-4-14(12)23-17/h1-8,15-16,23-24H,9H2,(H,25,26). The second kappa shape index (κ2) is 6.31. The number of alkyl halides is 3. The lowest BCUT2D eigenvalue weighted by Gasteiger charge is -2.29. The molecule has 0 amide bonds. The van der Waals surface area contributed by atoms with Gasteiger partial charge in [0.1, 0.15) is 11.8 Å². The Labute approximate surface area is 151 Å². The van der Waals surface area contributed by atoms with E-state index in [1.165, 1.54) is 24.3 Å². The molecule has 2 aromatic carbocycles. The number of halogens is 3. The Kier molecular flexibility index (Phi) is 4.07. The molecule has 2 atom stereocenters. The fourth-order valence-corrected chi connectivity index (χ4v) is 3.52. The van der Waals surface area contributed by atoms with Crippen LogP contribution in [0, 0.1) is 0 Å². The zero-order valence-electron chi connectivity index (χ0n) is 13.9. The Morgan fingerprint density at radius 3 is 2.48 bits per heavy atom. The highest BCUT2D eigenvalue weighted by Gasteiger charge is 2.34. The molecule has 0 aliphatic carbocycles. The molecular formula is C19H15F3N2O3. The van der Waals surface area contributed by atoms with Crippen molar-refractivity contribution in [2.24, 2.45) is 0 Å². The highest BCUT2D eigenvalue weighted by molar-refractivity contribution is 5.87. The first-order valence-corrected chi connectivity index (χ1v) is 8.26. The van der Waals surface area contributed by atoms with Crippen molar-refractivity contribution in [3.8, 4) is 5.75 Å². The predicted molar refractivity (Wildman–Crippen MR) is 91.5 cm³/mol. The lowest BCUT2D eigenvalue weighted by molar-refractivity contribution is -0.274. The number of H-pyrrole nitrogens is 1. The van der Waals surface area contributed by atoms with Crippen LogP contribution < -0.4 is 10.1 Å². The molecular weight excluding hydrogens is 361 g/mol. The Hall–Kier alpha value is -3.00. The van der Waals surface area contributed by atoms with E-state index in [1.807, 2.05) is 24.3 Å². The molecule has 140 valence electrons. The van der Waals surface area contributed by atoms with Crippen molar-refractivity contribution in [2.45, 2.75) is 24.9 Å². The van der Waals surface area contributed by atoms with Gasteiger partial charge in [-0.3, -0.25) is 10.1 Å². The van der Waals surface area contributed by atoms with Gasteiger partial charge < -0.3 is 14.8 Å². The van der Waals surface area contributed by atoms with E-state index in [-0.39, 0.29) is 5.75 Å². The van der Waals surface area contributed by atoms with E-state index in [0.29, 0.717) is 12.0 Å². The van der Waals surface area contributed by atoms with Gasteiger partial charge in [0.25, 0.3) is 0 Å². The van der Waals surface area contributed by atoms with Crippen molar-refractivity contribution in [1.29, 1.82) is 0 Å². The van der Waals surface area contributed by atoms with E-state index in [0.717, 1.165) is 22.2 Å². The Morgan fingerprint density at radius 1 is 1.11 bits per heavy atom. The minimum absolute atomic E-state index is 0.320. The van der Waals surface area contributed by atoms with Crippen LogP contribution in [0.25, 0.3) is 10.9 Å². The van der Waals surface area contributed by atoms with Gasteiger partial charge in [-0.25, -0.2) is 0 Å². The zero-order chi connectivity index (χ0) is 19.2. The predicted octanol–water partition coefficient (Wildman–Crippen LogP) is 3.75. The number of nitrogens with one attached hydrogen (secondary N) is 2. The molecule has 2 unspecified atom stereocenters.